The monoisotopic (exact) mass is 349 g/mol. The van der Waals surface area contributed by atoms with Gasteiger partial charge >= 0.3 is 0 Å². The van der Waals surface area contributed by atoms with Gasteiger partial charge in [-0.25, -0.2) is 0 Å². The topological polar surface area (TPSA) is 62.3 Å². The largest absolute Gasteiger partial charge is 0.356 e. The molecule has 2 aromatic rings. The Morgan fingerprint density at radius 2 is 2.00 bits per heavy atom. The van der Waals surface area contributed by atoms with E-state index in [0.29, 0.717) is 18.7 Å². The van der Waals surface area contributed by atoms with E-state index in [2.05, 4.69) is 10.3 Å². The molecule has 4 rings (SSSR count). The molecule has 1 N–H and O–H groups in total. The lowest BCUT2D eigenvalue weighted by molar-refractivity contribution is -0.132. The summed E-state index contributed by atoms with van der Waals surface area (Å²) in [5.41, 5.74) is 2.87. The molecule has 2 amide bonds. The Balaban J connectivity index is 1.67. The number of rotatable bonds is 2. The van der Waals surface area contributed by atoms with Crippen molar-refractivity contribution in [2.75, 3.05) is 19.6 Å². The molecule has 0 saturated carbocycles. The van der Waals surface area contributed by atoms with E-state index in [4.69, 9.17) is 0 Å². The molecule has 26 heavy (non-hydrogen) atoms. The van der Waals surface area contributed by atoms with E-state index >= 15 is 0 Å². The number of hydrogen-bond donors (Lipinski definition) is 1. The molecule has 134 valence electrons. The van der Waals surface area contributed by atoms with Gasteiger partial charge in [-0.05, 0) is 43.4 Å². The highest BCUT2D eigenvalue weighted by Gasteiger charge is 2.47. The number of nitrogens with zero attached hydrogens (tertiary/aromatic N) is 2. The van der Waals surface area contributed by atoms with E-state index in [-0.39, 0.29) is 11.8 Å². The molecule has 1 spiro atoms. The smallest absolute Gasteiger partial charge is 0.256 e. The normalized spacial score (nSPS) is 22.5. The van der Waals surface area contributed by atoms with Crippen molar-refractivity contribution in [2.24, 2.45) is 5.41 Å². The lowest BCUT2D eigenvalue weighted by atomic mass is 9.79. The summed E-state index contributed by atoms with van der Waals surface area (Å²) in [5.74, 6) is 0.0787. The Kier molecular flexibility index (Phi) is 4.23. The second kappa shape index (κ2) is 6.56. The first-order chi connectivity index (χ1) is 12.6. The van der Waals surface area contributed by atoms with Crippen molar-refractivity contribution in [2.45, 2.75) is 26.2 Å². The summed E-state index contributed by atoms with van der Waals surface area (Å²) in [5, 5.41) is 2.97. The molecule has 1 aromatic carbocycles. The number of carbonyl (C=O) groups excluding carboxylic acids is 2. The van der Waals surface area contributed by atoms with E-state index in [9.17, 15) is 9.59 Å². The zero-order chi connectivity index (χ0) is 18.1. The molecule has 0 radical (unpaired) electrons. The average Bonchev–Trinajstić information content (AvgIpc) is 3.09. The summed E-state index contributed by atoms with van der Waals surface area (Å²) in [4.78, 5) is 32.0. The first-order valence-electron chi connectivity index (χ1n) is 9.19. The predicted molar refractivity (Wildman–Crippen MR) is 99.6 cm³/mol. The van der Waals surface area contributed by atoms with Gasteiger partial charge in [0.2, 0.25) is 5.91 Å². The second-order valence-electron chi connectivity index (χ2n) is 7.30. The van der Waals surface area contributed by atoms with Crippen LogP contribution in [-0.4, -0.2) is 41.3 Å². The summed E-state index contributed by atoms with van der Waals surface area (Å²) in [6, 6.07) is 11.8. The van der Waals surface area contributed by atoms with Gasteiger partial charge in [0, 0.05) is 25.8 Å². The third-order valence-corrected chi connectivity index (χ3v) is 5.68. The van der Waals surface area contributed by atoms with Crippen LogP contribution < -0.4 is 5.32 Å². The molecule has 3 heterocycles. The van der Waals surface area contributed by atoms with Crippen LogP contribution in [0.15, 0.2) is 42.6 Å². The summed E-state index contributed by atoms with van der Waals surface area (Å²) in [6.45, 7) is 3.74. The summed E-state index contributed by atoms with van der Waals surface area (Å²) < 4.78 is 0. The number of benzene rings is 1. The Labute approximate surface area is 153 Å². The van der Waals surface area contributed by atoms with Crippen LogP contribution in [0.3, 0.4) is 0 Å². The second-order valence-corrected chi connectivity index (χ2v) is 7.30. The van der Waals surface area contributed by atoms with Crippen molar-refractivity contribution in [3.63, 3.8) is 0 Å². The fraction of sp³-hybridized carbons (Fsp3) is 0.381. The molecular formula is C21H23N3O2. The number of aryl methyl sites for hydroxylation is 1. The highest BCUT2D eigenvalue weighted by atomic mass is 16.2. The maximum Gasteiger partial charge on any atom is 0.256 e. The van der Waals surface area contributed by atoms with Crippen LogP contribution in [0.25, 0.3) is 11.1 Å². The first-order valence-corrected chi connectivity index (χ1v) is 9.19. The van der Waals surface area contributed by atoms with Gasteiger partial charge in [-0.2, -0.15) is 0 Å². The van der Waals surface area contributed by atoms with Crippen LogP contribution in [0.5, 0.6) is 0 Å². The minimum absolute atomic E-state index is 0.0234. The van der Waals surface area contributed by atoms with Crippen LogP contribution in [0.4, 0.5) is 0 Å². The first kappa shape index (κ1) is 16.8. The van der Waals surface area contributed by atoms with E-state index in [1.54, 1.807) is 6.20 Å². The van der Waals surface area contributed by atoms with Gasteiger partial charge in [0.1, 0.15) is 0 Å². The molecule has 5 nitrogen and oxygen atoms in total. The number of carbonyl (C=O) groups is 2. The molecule has 1 atom stereocenters. The molecule has 2 fully saturated rings. The van der Waals surface area contributed by atoms with E-state index in [1.165, 1.54) is 0 Å². The van der Waals surface area contributed by atoms with Gasteiger partial charge in [0.25, 0.3) is 5.91 Å². The fourth-order valence-electron chi connectivity index (χ4n) is 4.22. The highest BCUT2D eigenvalue weighted by molar-refractivity contribution is 6.02. The lowest BCUT2D eigenvalue weighted by Crippen LogP contribution is -2.47. The van der Waals surface area contributed by atoms with Gasteiger partial charge in [0.15, 0.2) is 0 Å². The number of aromatic nitrogens is 1. The molecule has 1 aromatic heterocycles. The van der Waals surface area contributed by atoms with Crippen LogP contribution in [0.2, 0.25) is 0 Å². The van der Waals surface area contributed by atoms with Crippen LogP contribution in [0.1, 0.15) is 35.3 Å². The number of likely N-dealkylation sites (tertiary alicyclic amines) is 1. The standard InChI is InChI=1S/C21H23N3O2/c1-15-18(17(8-12-22-15)16-6-3-2-4-7-16)19(25)24-13-10-21(14-24)9-5-11-23-20(21)26/h2-4,6-8,12H,5,9-11,13-14H2,1H3,(H,23,26)/t21-/m1/s1. The minimum Gasteiger partial charge on any atom is -0.356 e. The third-order valence-electron chi connectivity index (χ3n) is 5.68. The number of amides is 2. The van der Waals surface area contributed by atoms with Crippen molar-refractivity contribution < 1.29 is 9.59 Å². The summed E-state index contributed by atoms with van der Waals surface area (Å²) >= 11 is 0. The van der Waals surface area contributed by atoms with Crippen molar-refractivity contribution >= 4 is 11.8 Å². The zero-order valence-corrected chi connectivity index (χ0v) is 15.0. The van der Waals surface area contributed by atoms with Gasteiger partial charge in [-0.3, -0.25) is 14.6 Å². The number of piperidine rings is 1. The maximum atomic E-state index is 13.3. The van der Waals surface area contributed by atoms with Crippen LogP contribution in [-0.2, 0) is 4.79 Å². The maximum absolute atomic E-state index is 13.3. The van der Waals surface area contributed by atoms with Gasteiger partial charge < -0.3 is 10.2 Å². The quantitative estimate of drug-likeness (QED) is 0.907. The number of pyridine rings is 1. The molecule has 0 unspecified atom stereocenters. The zero-order valence-electron chi connectivity index (χ0n) is 15.0. The molecular weight excluding hydrogens is 326 g/mol. The third kappa shape index (κ3) is 2.77. The van der Waals surface area contributed by atoms with Crippen LogP contribution >= 0.6 is 0 Å². The van der Waals surface area contributed by atoms with E-state index in [0.717, 1.165) is 42.6 Å². The van der Waals surface area contributed by atoms with Gasteiger partial charge in [-0.15, -0.1) is 0 Å². The Hall–Kier alpha value is -2.69. The van der Waals surface area contributed by atoms with Crippen molar-refractivity contribution in [3.05, 3.63) is 53.9 Å². The van der Waals surface area contributed by atoms with Crippen molar-refractivity contribution in [1.82, 2.24) is 15.2 Å². The average molecular weight is 349 g/mol. The van der Waals surface area contributed by atoms with Crippen molar-refractivity contribution in [1.29, 1.82) is 0 Å². The fourth-order valence-corrected chi connectivity index (χ4v) is 4.22. The molecule has 2 saturated heterocycles. The molecule has 0 bridgehead atoms. The minimum atomic E-state index is -0.406. The summed E-state index contributed by atoms with van der Waals surface area (Å²) in [6.07, 6.45) is 4.33. The molecule has 2 aliphatic rings. The number of hydrogen-bond acceptors (Lipinski definition) is 3. The van der Waals surface area contributed by atoms with Crippen molar-refractivity contribution in [3.8, 4) is 11.1 Å². The lowest BCUT2D eigenvalue weighted by Gasteiger charge is -2.32. The predicted octanol–water partition coefficient (Wildman–Crippen LogP) is 2.80. The van der Waals surface area contributed by atoms with E-state index < -0.39 is 5.41 Å². The summed E-state index contributed by atoms with van der Waals surface area (Å²) in [7, 11) is 0. The molecule has 2 aliphatic heterocycles. The molecule has 0 aliphatic carbocycles. The Morgan fingerprint density at radius 1 is 1.19 bits per heavy atom. The van der Waals surface area contributed by atoms with Crippen LogP contribution in [0, 0.1) is 12.3 Å². The Morgan fingerprint density at radius 3 is 2.77 bits per heavy atom. The Bertz CT molecular complexity index is 850. The number of nitrogens with one attached hydrogen (secondary N) is 1. The highest BCUT2D eigenvalue weighted by Crippen LogP contribution is 2.38. The van der Waals surface area contributed by atoms with E-state index in [1.807, 2.05) is 48.2 Å². The van der Waals surface area contributed by atoms with Gasteiger partial charge in [0.05, 0.1) is 16.7 Å². The SMILES string of the molecule is Cc1nccc(-c2ccccc2)c1C(=O)N1CC[C@]2(CCCNC2=O)C1. The molecule has 5 heteroatoms. The van der Waals surface area contributed by atoms with Gasteiger partial charge in [-0.1, -0.05) is 30.3 Å².